The molecule has 0 N–H and O–H groups in total. The fraction of sp³-hybridized carbons (Fsp3) is 1.00. The summed E-state index contributed by atoms with van der Waals surface area (Å²) in [6.07, 6.45) is 3.70. The van der Waals surface area contributed by atoms with Crippen molar-refractivity contribution in [2.75, 3.05) is 0 Å². The Balaban J connectivity index is 3.15. The maximum absolute atomic E-state index is 4.19. The minimum absolute atomic E-state index is 0.270. The van der Waals surface area contributed by atoms with Crippen LogP contribution in [0.25, 0.3) is 0 Å². The van der Waals surface area contributed by atoms with Crippen LogP contribution >= 0.6 is 25.3 Å². The molecule has 0 aliphatic carbocycles. The van der Waals surface area contributed by atoms with Crippen molar-refractivity contribution in [2.45, 2.75) is 37.7 Å². The third kappa shape index (κ3) is 6.59. The van der Waals surface area contributed by atoms with Gasteiger partial charge in [-0.25, -0.2) is 0 Å². The van der Waals surface area contributed by atoms with E-state index in [2.05, 4.69) is 39.1 Å². The summed E-state index contributed by atoms with van der Waals surface area (Å²) in [6, 6.07) is 0. The summed E-state index contributed by atoms with van der Waals surface area (Å²) in [4.78, 5) is 0. The molecule has 0 heterocycles. The van der Waals surface area contributed by atoms with Gasteiger partial charge >= 0.3 is 0 Å². The largest absolute Gasteiger partial charge is 0.165 e. The van der Waals surface area contributed by atoms with Gasteiger partial charge in [0.15, 0.2) is 0 Å². The predicted octanol–water partition coefficient (Wildman–Crippen LogP) is 3.00. The van der Waals surface area contributed by atoms with Crippen molar-refractivity contribution in [3.63, 3.8) is 0 Å². The molecule has 0 spiro atoms. The van der Waals surface area contributed by atoms with Crippen LogP contribution < -0.4 is 0 Å². The molecular formula is C7H16S2. The highest BCUT2D eigenvalue weighted by Gasteiger charge is 2.03. The molecule has 0 aliphatic rings. The molecule has 0 aromatic heterocycles. The number of hydrogen-bond acceptors (Lipinski definition) is 2. The highest BCUT2D eigenvalue weighted by Crippen LogP contribution is 2.17. The summed E-state index contributed by atoms with van der Waals surface area (Å²) in [6.45, 7) is 4.46. The van der Waals surface area contributed by atoms with Gasteiger partial charge in [0, 0.05) is 4.58 Å². The Hall–Kier alpha value is 0.700. The van der Waals surface area contributed by atoms with Crippen LogP contribution in [0.5, 0.6) is 0 Å². The van der Waals surface area contributed by atoms with E-state index in [1.807, 2.05) is 0 Å². The molecule has 0 aliphatic heterocycles. The topological polar surface area (TPSA) is 0 Å². The highest BCUT2D eigenvalue weighted by molar-refractivity contribution is 7.99. The molecule has 1 atom stereocenters. The Morgan fingerprint density at radius 3 is 2.22 bits per heavy atom. The van der Waals surface area contributed by atoms with Gasteiger partial charge in [0.2, 0.25) is 0 Å². The molecule has 1 unspecified atom stereocenters. The van der Waals surface area contributed by atoms with Crippen molar-refractivity contribution >= 4 is 25.3 Å². The summed E-state index contributed by atoms with van der Waals surface area (Å²) < 4.78 is 0.270. The second kappa shape index (κ2) is 5.48. The quantitative estimate of drug-likeness (QED) is 0.463. The smallest absolute Gasteiger partial charge is 0.0444 e. The maximum atomic E-state index is 4.19. The standard InChI is InChI=1S/C7H16S2/c1-3-4-6(2)5-7(8)9/h6-9H,3-5H2,1-2H3. The van der Waals surface area contributed by atoms with E-state index in [4.69, 9.17) is 0 Å². The van der Waals surface area contributed by atoms with E-state index in [0.29, 0.717) is 0 Å². The van der Waals surface area contributed by atoms with Gasteiger partial charge in [-0.3, -0.25) is 0 Å². The molecule has 9 heavy (non-hydrogen) atoms. The van der Waals surface area contributed by atoms with Gasteiger partial charge in [-0.2, -0.15) is 25.3 Å². The van der Waals surface area contributed by atoms with Crippen molar-refractivity contribution in [1.29, 1.82) is 0 Å². The summed E-state index contributed by atoms with van der Waals surface area (Å²) in [5.41, 5.74) is 0. The van der Waals surface area contributed by atoms with Gasteiger partial charge in [0.05, 0.1) is 0 Å². The highest BCUT2D eigenvalue weighted by atomic mass is 32.2. The number of thiol groups is 2. The van der Waals surface area contributed by atoms with E-state index < -0.39 is 0 Å². The molecule has 0 rings (SSSR count). The van der Waals surface area contributed by atoms with Gasteiger partial charge in [-0.15, -0.1) is 0 Å². The second-order valence-corrected chi connectivity index (χ2v) is 4.26. The van der Waals surface area contributed by atoms with Gasteiger partial charge in [-0.1, -0.05) is 26.7 Å². The molecule has 0 saturated heterocycles. The van der Waals surface area contributed by atoms with Crippen LogP contribution in [-0.4, -0.2) is 4.58 Å². The Labute approximate surface area is 69.2 Å². The fourth-order valence-corrected chi connectivity index (χ4v) is 1.69. The first-order chi connectivity index (χ1) is 4.16. The van der Waals surface area contributed by atoms with Crippen molar-refractivity contribution in [1.82, 2.24) is 0 Å². The van der Waals surface area contributed by atoms with Crippen LogP contribution in [0.15, 0.2) is 0 Å². The molecule has 0 aromatic rings. The summed E-state index contributed by atoms with van der Waals surface area (Å²) in [7, 11) is 0. The van der Waals surface area contributed by atoms with Crippen molar-refractivity contribution in [3.05, 3.63) is 0 Å². The van der Waals surface area contributed by atoms with Gasteiger partial charge in [0.25, 0.3) is 0 Å². The summed E-state index contributed by atoms with van der Waals surface area (Å²) in [5, 5.41) is 0. The van der Waals surface area contributed by atoms with Crippen LogP contribution in [0.4, 0.5) is 0 Å². The first-order valence-electron chi connectivity index (χ1n) is 3.53. The zero-order chi connectivity index (χ0) is 7.28. The Bertz CT molecular complexity index is 61.9. The molecule has 56 valence electrons. The lowest BCUT2D eigenvalue weighted by Crippen LogP contribution is -1.99. The van der Waals surface area contributed by atoms with Crippen LogP contribution in [-0.2, 0) is 0 Å². The normalized spacial score (nSPS) is 14.3. The van der Waals surface area contributed by atoms with E-state index in [-0.39, 0.29) is 4.58 Å². The molecule has 0 nitrogen and oxygen atoms in total. The maximum Gasteiger partial charge on any atom is 0.0444 e. The molecule has 0 bridgehead atoms. The van der Waals surface area contributed by atoms with Crippen LogP contribution in [0, 0.1) is 5.92 Å². The summed E-state index contributed by atoms with van der Waals surface area (Å²) in [5.74, 6) is 0.787. The lowest BCUT2D eigenvalue weighted by Gasteiger charge is -2.10. The monoisotopic (exact) mass is 164 g/mol. The first kappa shape index (κ1) is 9.70. The third-order valence-corrected chi connectivity index (χ3v) is 1.82. The molecule has 2 heteroatoms. The predicted molar refractivity (Wildman–Crippen MR) is 50.4 cm³/mol. The molecule has 0 saturated carbocycles. The van der Waals surface area contributed by atoms with Crippen molar-refractivity contribution in [3.8, 4) is 0 Å². The minimum atomic E-state index is 0.270. The van der Waals surface area contributed by atoms with Crippen molar-refractivity contribution < 1.29 is 0 Å². The number of hydrogen-bond donors (Lipinski definition) is 2. The third-order valence-electron chi connectivity index (χ3n) is 1.39. The molecule has 0 radical (unpaired) electrons. The Morgan fingerprint density at radius 1 is 1.33 bits per heavy atom. The zero-order valence-corrected chi connectivity index (χ0v) is 7.96. The van der Waals surface area contributed by atoms with E-state index in [1.54, 1.807) is 0 Å². The van der Waals surface area contributed by atoms with Gasteiger partial charge < -0.3 is 0 Å². The van der Waals surface area contributed by atoms with Gasteiger partial charge in [-0.05, 0) is 12.3 Å². The van der Waals surface area contributed by atoms with Crippen molar-refractivity contribution in [2.24, 2.45) is 5.92 Å². The van der Waals surface area contributed by atoms with E-state index in [1.165, 1.54) is 12.8 Å². The van der Waals surface area contributed by atoms with Crippen LogP contribution in [0.1, 0.15) is 33.1 Å². The Kier molecular flexibility index (Phi) is 5.91. The SMILES string of the molecule is CCCC(C)CC(S)S. The zero-order valence-electron chi connectivity index (χ0n) is 6.17. The molecule has 0 amide bonds. The van der Waals surface area contributed by atoms with E-state index >= 15 is 0 Å². The van der Waals surface area contributed by atoms with E-state index in [0.717, 1.165) is 12.3 Å². The molecule has 0 aromatic carbocycles. The number of rotatable bonds is 4. The Morgan fingerprint density at radius 2 is 1.89 bits per heavy atom. The van der Waals surface area contributed by atoms with Gasteiger partial charge in [0.1, 0.15) is 0 Å². The molecular weight excluding hydrogens is 148 g/mol. The lowest BCUT2D eigenvalue weighted by molar-refractivity contribution is 0.507. The molecule has 0 fully saturated rings. The minimum Gasteiger partial charge on any atom is -0.165 e. The fourth-order valence-electron chi connectivity index (χ4n) is 0.971. The first-order valence-corrected chi connectivity index (χ1v) is 4.56. The average molecular weight is 164 g/mol. The van der Waals surface area contributed by atoms with Crippen LogP contribution in [0.3, 0.4) is 0 Å². The summed E-state index contributed by atoms with van der Waals surface area (Å²) >= 11 is 8.39. The van der Waals surface area contributed by atoms with E-state index in [9.17, 15) is 0 Å². The average Bonchev–Trinajstić information content (AvgIpc) is 1.63. The van der Waals surface area contributed by atoms with Crippen LogP contribution in [0.2, 0.25) is 0 Å². The lowest BCUT2D eigenvalue weighted by atomic mass is 10.0. The second-order valence-electron chi connectivity index (χ2n) is 2.61.